The average molecular weight is 235 g/mol. The number of aromatic hydroxyl groups is 2. The summed E-state index contributed by atoms with van der Waals surface area (Å²) in [6.45, 7) is 0. The average Bonchev–Trinajstić information content (AvgIpc) is 2.19. The van der Waals surface area contributed by atoms with Crippen molar-refractivity contribution in [3.8, 4) is 11.5 Å². The van der Waals surface area contributed by atoms with E-state index in [9.17, 15) is 14.7 Å². The monoisotopic (exact) mass is 234 g/mol. The zero-order chi connectivity index (χ0) is 10.9. The molecule has 0 aliphatic carbocycles. The van der Waals surface area contributed by atoms with Gasteiger partial charge in [-0.05, 0) is 6.07 Å². The van der Waals surface area contributed by atoms with Gasteiger partial charge in [-0.1, -0.05) is 23.2 Å². The van der Waals surface area contributed by atoms with Crippen molar-refractivity contribution in [2.24, 2.45) is 0 Å². The predicted octanol–water partition coefficient (Wildman–Crippen LogP) is 1.79. The van der Waals surface area contributed by atoms with E-state index in [1.807, 2.05) is 0 Å². The van der Waals surface area contributed by atoms with Gasteiger partial charge in [-0.25, -0.2) is 0 Å². The van der Waals surface area contributed by atoms with Crippen LogP contribution in [0.1, 0.15) is 10.4 Å². The first kappa shape index (κ1) is 10.8. The molecule has 0 aromatic heterocycles. The molecule has 0 radical (unpaired) electrons. The van der Waals surface area contributed by atoms with Crippen LogP contribution >= 0.6 is 23.2 Å². The van der Waals surface area contributed by atoms with Gasteiger partial charge < -0.3 is 10.2 Å². The number of rotatable bonds is 2. The summed E-state index contributed by atoms with van der Waals surface area (Å²) in [5.74, 6) is -2.27. The molecule has 0 saturated carbocycles. The molecule has 6 heteroatoms. The second-order valence-corrected chi connectivity index (χ2v) is 3.18. The zero-order valence-electron chi connectivity index (χ0n) is 6.62. The smallest absolute Gasteiger partial charge is 0.227 e. The van der Waals surface area contributed by atoms with Crippen LogP contribution in [0, 0.1) is 0 Å². The molecule has 1 aromatic rings. The Labute approximate surface area is 88.7 Å². The van der Waals surface area contributed by atoms with Crippen LogP contribution in [0.2, 0.25) is 10.0 Å². The van der Waals surface area contributed by atoms with E-state index in [4.69, 9.17) is 28.3 Å². The van der Waals surface area contributed by atoms with Gasteiger partial charge in [0.15, 0.2) is 17.8 Å². The maximum atomic E-state index is 10.9. The number of ketones is 1. The van der Waals surface area contributed by atoms with Crippen LogP contribution in [0.4, 0.5) is 0 Å². The van der Waals surface area contributed by atoms with Crippen molar-refractivity contribution in [2.75, 3.05) is 0 Å². The van der Waals surface area contributed by atoms with Gasteiger partial charge in [-0.3, -0.25) is 9.59 Å². The Balaban J connectivity index is 3.47. The summed E-state index contributed by atoms with van der Waals surface area (Å²) in [7, 11) is 0. The third-order valence-electron chi connectivity index (χ3n) is 1.54. The van der Waals surface area contributed by atoms with Gasteiger partial charge in [-0.15, -0.1) is 0 Å². The van der Waals surface area contributed by atoms with E-state index < -0.39 is 22.3 Å². The van der Waals surface area contributed by atoms with Crippen LogP contribution in [-0.4, -0.2) is 22.3 Å². The summed E-state index contributed by atoms with van der Waals surface area (Å²) in [5.41, 5.74) is -0.248. The third-order valence-corrected chi connectivity index (χ3v) is 2.21. The molecular formula is C8H4Cl2O4. The minimum absolute atomic E-state index is 0.0357. The van der Waals surface area contributed by atoms with Crippen molar-refractivity contribution in [1.82, 2.24) is 0 Å². The fourth-order valence-corrected chi connectivity index (χ4v) is 1.28. The molecule has 2 N–H and O–H groups in total. The summed E-state index contributed by atoms with van der Waals surface area (Å²) in [4.78, 5) is 21.1. The van der Waals surface area contributed by atoms with Crippen LogP contribution in [0.15, 0.2) is 6.07 Å². The highest BCUT2D eigenvalue weighted by molar-refractivity contribution is 6.43. The standard InChI is InChI=1S/C8H4Cl2O4/c9-4-1-3(5(12)2-11)6(10)8(14)7(4)13/h1-2,13-14H. The van der Waals surface area contributed by atoms with Crippen molar-refractivity contribution in [3.05, 3.63) is 21.7 Å². The molecule has 14 heavy (non-hydrogen) atoms. The summed E-state index contributed by atoms with van der Waals surface area (Å²) in [5, 5.41) is 17.6. The van der Waals surface area contributed by atoms with E-state index in [1.54, 1.807) is 0 Å². The molecule has 0 unspecified atom stereocenters. The first-order valence-corrected chi connectivity index (χ1v) is 4.14. The van der Waals surface area contributed by atoms with Crippen molar-refractivity contribution >= 4 is 35.3 Å². The molecule has 0 atom stereocenters. The Morgan fingerprint density at radius 1 is 1.29 bits per heavy atom. The largest absolute Gasteiger partial charge is 0.503 e. The lowest BCUT2D eigenvalue weighted by Crippen LogP contribution is -2.01. The second-order valence-electron chi connectivity index (χ2n) is 2.40. The minimum atomic E-state index is -0.924. The highest BCUT2D eigenvalue weighted by atomic mass is 35.5. The SMILES string of the molecule is O=CC(=O)c1cc(Cl)c(O)c(O)c1Cl. The van der Waals surface area contributed by atoms with Gasteiger partial charge in [-0.2, -0.15) is 0 Å². The van der Waals surface area contributed by atoms with E-state index >= 15 is 0 Å². The van der Waals surface area contributed by atoms with E-state index in [-0.39, 0.29) is 16.9 Å². The number of carbonyl (C=O) groups excluding carboxylic acids is 2. The molecule has 1 aromatic carbocycles. The molecule has 0 saturated heterocycles. The number of phenolic OH excluding ortho intramolecular Hbond substituents is 2. The van der Waals surface area contributed by atoms with Gasteiger partial charge in [0.05, 0.1) is 10.0 Å². The summed E-state index contributed by atoms with van der Waals surface area (Å²) >= 11 is 11.0. The lowest BCUT2D eigenvalue weighted by molar-refractivity contribution is -0.104. The Hall–Kier alpha value is -1.26. The second kappa shape index (κ2) is 3.86. The number of benzene rings is 1. The number of phenols is 2. The van der Waals surface area contributed by atoms with Crippen LogP contribution in [0.5, 0.6) is 11.5 Å². The maximum absolute atomic E-state index is 10.9. The van der Waals surface area contributed by atoms with Crippen molar-refractivity contribution in [1.29, 1.82) is 0 Å². The highest BCUT2D eigenvalue weighted by Crippen LogP contribution is 2.41. The van der Waals surface area contributed by atoms with E-state index in [0.29, 0.717) is 0 Å². The van der Waals surface area contributed by atoms with Crippen LogP contribution in [0.3, 0.4) is 0 Å². The van der Waals surface area contributed by atoms with Crippen molar-refractivity contribution in [2.45, 2.75) is 0 Å². The number of Topliss-reactive ketones (excluding diaryl/α,β-unsaturated/α-hetero) is 1. The Bertz CT molecular complexity index is 414. The lowest BCUT2D eigenvalue weighted by atomic mass is 10.1. The molecule has 0 aliphatic heterocycles. The van der Waals surface area contributed by atoms with Crippen LogP contribution < -0.4 is 0 Å². The molecule has 0 heterocycles. The molecule has 0 aliphatic rings. The van der Waals surface area contributed by atoms with Gasteiger partial charge >= 0.3 is 0 Å². The first-order valence-electron chi connectivity index (χ1n) is 3.38. The number of halogens is 2. The zero-order valence-corrected chi connectivity index (χ0v) is 8.13. The number of carbonyl (C=O) groups is 2. The van der Waals surface area contributed by atoms with Gasteiger partial charge in [0, 0.05) is 5.56 Å². The fourth-order valence-electron chi connectivity index (χ4n) is 0.846. The number of hydrogen-bond donors (Lipinski definition) is 2. The molecular weight excluding hydrogens is 231 g/mol. The molecule has 0 amide bonds. The quantitative estimate of drug-likeness (QED) is 0.354. The fraction of sp³-hybridized carbons (Fsp3) is 0. The van der Waals surface area contributed by atoms with Crippen molar-refractivity contribution < 1.29 is 19.8 Å². The van der Waals surface area contributed by atoms with Crippen LogP contribution in [-0.2, 0) is 4.79 Å². The summed E-state index contributed by atoms with van der Waals surface area (Å²) < 4.78 is 0. The Morgan fingerprint density at radius 3 is 2.36 bits per heavy atom. The van der Waals surface area contributed by atoms with Crippen LogP contribution in [0.25, 0.3) is 0 Å². The minimum Gasteiger partial charge on any atom is -0.503 e. The molecule has 0 spiro atoms. The van der Waals surface area contributed by atoms with Crippen molar-refractivity contribution in [3.63, 3.8) is 0 Å². The molecule has 4 nitrogen and oxygen atoms in total. The van der Waals surface area contributed by atoms with Gasteiger partial charge in [0.2, 0.25) is 5.78 Å². The maximum Gasteiger partial charge on any atom is 0.227 e. The van der Waals surface area contributed by atoms with E-state index in [1.165, 1.54) is 0 Å². The topological polar surface area (TPSA) is 74.6 Å². The normalized spacial score (nSPS) is 9.86. The molecule has 0 bridgehead atoms. The van der Waals surface area contributed by atoms with E-state index in [0.717, 1.165) is 6.07 Å². The van der Waals surface area contributed by atoms with E-state index in [2.05, 4.69) is 0 Å². The summed E-state index contributed by atoms with van der Waals surface area (Å²) in [6, 6.07) is 1.01. The lowest BCUT2D eigenvalue weighted by Gasteiger charge is -2.05. The summed E-state index contributed by atoms with van der Waals surface area (Å²) in [6.07, 6.45) is 0.0357. The number of aldehydes is 1. The number of hydrogen-bond acceptors (Lipinski definition) is 4. The van der Waals surface area contributed by atoms with Gasteiger partial charge in [0.1, 0.15) is 0 Å². The third kappa shape index (κ3) is 1.66. The molecule has 0 fully saturated rings. The van der Waals surface area contributed by atoms with Gasteiger partial charge in [0.25, 0.3) is 0 Å². The highest BCUT2D eigenvalue weighted by Gasteiger charge is 2.18. The molecule has 1 rings (SSSR count). The first-order chi connectivity index (χ1) is 6.49. The molecule has 74 valence electrons. The predicted molar refractivity (Wildman–Crippen MR) is 50.2 cm³/mol. The Morgan fingerprint density at radius 2 is 1.86 bits per heavy atom. The Kier molecular flexibility index (Phi) is 2.98.